The number of rotatable bonds is 8. The molecule has 0 aromatic heterocycles. The largest absolute Gasteiger partial charge is 0.427 e. The van der Waals surface area contributed by atoms with Crippen molar-refractivity contribution in [1.82, 2.24) is 10.6 Å². The van der Waals surface area contributed by atoms with Crippen molar-refractivity contribution >= 4 is 0 Å². The van der Waals surface area contributed by atoms with Gasteiger partial charge in [0.2, 0.25) is 0 Å². The maximum atomic E-state index is 12.1. The molecule has 0 saturated carbocycles. The first-order valence-electron chi connectivity index (χ1n) is 8.96. The molecule has 0 saturated heterocycles. The Balaban J connectivity index is -0.000000529. The minimum absolute atomic E-state index is 0. The number of hydrogen-bond donors (Lipinski definition) is 4. The van der Waals surface area contributed by atoms with Crippen molar-refractivity contribution in [2.24, 2.45) is 11.8 Å². The van der Waals surface area contributed by atoms with Crippen LogP contribution in [-0.2, 0) is 17.1 Å². The van der Waals surface area contributed by atoms with Crippen LogP contribution < -0.4 is 10.6 Å². The molecule has 0 aliphatic rings. The summed E-state index contributed by atoms with van der Waals surface area (Å²) in [5, 5.41) is 21.3. The number of halogens is 12. The van der Waals surface area contributed by atoms with Gasteiger partial charge in [-0.25, -0.2) is 0 Å². The number of nitrogens with one attached hydrogen (secondary N) is 2. The Morgan fingerprint density at radius 3 is 0.818 bits per heavy atom. The zero-order valence-corrected chi connectivity index (χ0v) is 18.7. The Kier molecular flexibility index (Phi) is 14.6. The van der Waals surface area contributed by atoms with E-state index in [1.54, 1.807) is 27.7 Å². The van der Waals surface area contributed by atoms with Gasteiger partial charge in [0.25, 0.3) is 11.2 Å². The fourth-order valence-corrected chi connectivity index (χ4v) is 1.81. The molecule has 207 valence electrons. The second-order valence-corrected chi connectivity index (χ2v) is 7.76. The Bertz CT molecular complexity index is 470. The zero-order chi connectivity index (χ0) is 26.4. The third-order valence-electron chi connectivity index (χ3n) is 3.74. The Morgan fingerprint density at radius 1 is 0.515 bits per heavy atom. The molecule has 0 fully saturated rings. The van der Waals surface area contributed by atoms with Crippen molar-refractivity contribution in [1.29, 1.82) is 0 Å². The van der Waals surface area contributed by atoms with Crippen molar-refractivity contribution in [3.8, 4) is 0 Å². The van der Waals surface area contributed by atoms with Crippen LogP contribution in [0.1, 0.15) is 27.7 Å². The van der Waals surface area contributed by atoms with Crippen LogP contribution in [0.4, 0.5) is 52.7 Å². The van der Waals surface area contributed by atoms with Gasteiger partial charge in [0.15, 0.2) is 0 Å². The van der Waals surface area contributed by atoms with E-state index in [1.165, 1.54) is 0 Å². The summed E-state index contributed by atoms with van der Waals surface area (Å²) in [6.07, 6.45) is -23.0. The second-order valence-electron chi connectivity index (χ2n) is 7.76. The van der Waals surface area contributed by atoms with E-state index in [-0.39, 0.29) is 42.0 Å². The van der Waals surface area contributed by atoms with Crippen LogP contribution in [0.5, 0.6) is 0 Å². The van der Waals surface area contributed by atoms with E-state index in [0.717, 1.165) is 0 Å². The summed E-state index contributed by atoms with van der Waals surface area (Å²) in [6, 6.07) is 0. The predicted octanol–water partition coefficient (Wildman–Crippen LogP) is 4.17. The molecule has 17 heteroatoms. The van der Waals surface area contributed by atoms with E-state index >= 15 is 0 Å². The van der Waals surface area contributed by atoms with Crippen molar-refractivity contribution in [2.45, 2.75) is 63.6 Å². The third kappa shape index (κ3) is 11.2. The Hall–Kier alpha value is -0.481. The molecule has 0 heterocycles. The van der Waals surface area contributed by atoms with E-state index in [0.29, 0.717) is 0 Å². The van der Waals surface area contributed by atoms with Gasteiger partial charge in [-0.3, -0.25) is 0 Å². The van der Waals surface area contributed by atoms with Crippen molar-refractivity contribution in [3.63, 3.8) is 0 Å². The molecule has 0 unspecified atom stereocenters. The van der Waals surface area contributed by atoms with Crippen LogP contribution in [-0.4, -0.2) is 72.3 Å². The molecule has 0 spiro atoms. The smallest absolute Gasteiger partial charge is 0.373 e. The van der Waals surface area contributed by atoms with Crippen LogP contribution in [0.2, 0.25) is 0 Å². The molecule has 0 aromatic carbocycles. The van der Waals surface area contributed by atoms with Crippen LogP contribution in [0.15, 0.2) is 0 Å². The van der Waals surface area contributed by atoms with Gasteiger partial charge in [-0.05, 0) is 24.9 Å². The van der Waals surface area contributed by atoms with Crippen molar-refractivity contribution in [3.05, 3.63) is 0 Å². The average Bonchev–Trinajstić information content (AvgIpc) is 2.50. The van der Waals surface area contributed by atoms with Gasteiger partial charge in [-0.2, -0.15) is 52.7 Å². The third-order valence-corrected chi connectivity index (χ3v) is 3.74. The van der Waals surface area contributed by atoms with Gasteiger partial charge in [0.1, 0.15) is 0 Å². The van der Waals surface area contributed by atoms with Gasteiger partial charge < -0.3 is 20.8 Å². The summed E-state index contributed by atoms with van der Waals surface area (Å²) in [7, 11) is 0. The van der Waals surface area contributed by atoms with E-state index < -0.39 is 49.0 Å². The first-order valence-corrected chi connectivity index (χ1v) is 8.96. The van der Waals surface area contributed by atoms with Crippen LogP contribution in [0.3, 0.4) is 0 Å². The average molecular weight is 570 g/mol. The van der Waals surface area contributed by atoms with Crippen LogP contribution >= 0.6 is 0 Å². The Labute approximate surface area is 192 Å². The molecule has 1 radical (unpaired) electrons. The van der Waals surface area contributed by atoms with E-state index in [2.05, 4.69) is 0 Å². The first kappa shape index (κ1) is 37.1. The van der Waals surface area contributed by atoms with Gasteiger partial charge >= 0.3 is 24.7 Å². The molecule has 33 heavy (non-hydrogen) atoms. The van der Waals surface area contributed by atoms with Crippen molar-refractivity contribution < 1.29 is 80.0 Å². The maximum Gasteiger partial charge on any atom is 0.427 e. The fourth-order valence-electron chi connectivity index (χ4n) is 1.81. The van der Waals surface area contributed by atoms with Gasteiger partial charge in [-0.15, -0.1) is 0 Å². The Morgan fingerprint density at radius 2 is 0.697 bits per heavy atom. The normalized spacial score (nSPS) is 14.2. The molecule has 0 atom stereocenters. The molecule has 0 amide bonds. The monoisotopic (exact) mass is 569 g/mol. The van der Waals surface area contributed by atoms with E-state index in [9.17, 15) is 52.7 Å². The zero-order valence-electron chi connectivity index (χ0n) is 17.7. The summed E-state index contributed by atoms with van der Waals surface area (Å²) in [4.78, 5) is 0. The quantitative estimate of drug-likeness (QED) is 0.262. The molecular weight excluding hydrogens is 544 g/mol. The fraction of sp³-hybridized carbons (Fsp3) is 1.00. The second kappa shape index (κ2) is 13.0. The van der Waals surface area contributed by atoms with Crippen molar-refractivity contribution in [2.75, 3.05) is 26.2 Å². The SMILES string of the molecule is CC(C)CNCC(O)(C(F)(F)F)C(F)(F)F.CC(C)CNCC(O)(C(F)(F)F)C(F)(F)F.[Cu]. The molecule has 4 N–H and O–H groups in total. The van der Waals surface area contributed by atoms with Gasteiger partial charge in [0, 0.05) is 30.2 Å². The van der Waals surface area contributed by atoms with E-state index in [1.807, 2.05) is 10.6 Å². The molecule has 0 rings (SSSR count). The minimum atomic E-state index is -5.75. The topological polar surface area (TPSA) is 64.5 Å². The maximum absolute atomic E-state index is 12.1. The van der Waals surface area contributed by atoms with Gasteiger partial charge in [-0.1, -0.05) is 27.7 Å². The first-order chi connectivity index (χ1) is 13.8. The molecule has 0 aliphatic carbocycles. The molecule has 0 bridgehead atoms. The minimum Gasteiger partial charge on any atom is -0.373 e. The molecule has 4 nitrogen and oxygen atoms in total. The molecule has 0 aromatic rings. The molecular formula is C16H26CuF12N2O2. The summed E-state index contributed by atoms with van der Waals surface area (Å²) in [5.74, 6) is -0.239. The van der Waals surface area contributed by atoms with E-state index in [4.69, 9.17) is 10.2 Å². The summed E-state index contributed by atoms with van der Waals surface area (Å²) in [5.41, 5.74) is -9.40. The number of alkyl halides is 12. The summed E-state index contributed by atoms with van der Waals surface area (Å²) >= 11 is 0. The standard InChI is InChI=1S/2C8H13F6NO.Cu/c2*1-5(2)3-15-4-6(16,7(9,10)11)8(12,13)14;/h2*5,15-16H,3-4H2,1-2H3;. The molecule has 0 aliphatic heterocycles. The number of aliphatic hydroxyl groups is 2. The number of hydrogen-bond acceptors (Lipinski definition) is 4. The van der Waals surface area contributed by atoms with Crippen LogP contribution in [0, 0.1) is 11.8 Å². The predicted molar refractivity (Wildman–Crippen MR) is 89.5 cm³/mol. The van der Waals surface area contributed by atoms with Crippen LogP contribution in [0.25, 0.3) is 0 Å². The summed E-state index contributed by atoms with van der Waals surface area (Å²) < 4.78 is 145. The summed E-state index contributed by atoms with van der Waals surface area (Å²) in [6.45, 7) is 3.18. The van der Waals surface area contributed by atoms with Gasteiger partial charge in [0.05, 0.1) is 0 Å².